The van der Waals surface area contributed by atoms with Crippen molar-refractivity contribution in [1.29, 1.82) is 0 Å². The van der Waals surface area contributed by atoms with Gasteiger partial charge in [0.15, 0.2) is 0 Å². The van der Waals surface area contributed by atoms with Gasteiger partial charge in [-0.2, -0.15) is 0 Å². The highest BCUT2D eigenvalue weighted by molar-refractivity contribution is 7.89. The Morgan fingerprint density at radius 2 is 1.90 bits per heavy atom. The first-order valence-corrected chi connectivity index (χ1v) is 8.71. The number of sulfonamides is 1. The van der Waals surface area contributed by atoms with E-state index in [0.717, 1.165) is 0 Å². The molecule has 1 heterocycles. The summed E-state index contributed by atoms with van der Waals surface area (Å²) in [7, 11) is -3.45. The molecule has 0 bridgehead atoms. The molecule has 108 valence electrons. The Balaban J connectivity index is 2.20. The minimum Gasteiger partial charge on any atom is -0.379 e. The molecular weight excluding hydrogens is 292 g/mol. The van der Waals surface area contributed by atoms with E-state index in [1.807, 2.05) is 6.07 Å². The summed E-state index contributed by atoms with van der Waals surface area (Å²) in [5, 5.41) is 3.20. The predicted octanol–water partition coefficient (Wildman–Crippen LogP) is 2.97. The highest BCUT2D eigenvalue weighted by atomic mass is 32.2. The molecule has 1 aromatic carbocycles. The Morgan fingerprint density at radius 3 is 2.55 bits per heavy atom. The van der Waals surface area contributed by atoms with Crippen molar-refractivity contribution in [3.05, 3.63) is 46.2 Å². The quantitative estimate of drug-likeness (QED) is 0.862. The third kappa shape index (κ3) is 3.59. The Hall–Kier alpha value is -1.37. The maximum absolute atomic E-state index is 12.1. The monoisotopic (exact) mass is 310 g/mol. The second kappa shape index (κ2) is 6.39. The van der Waals surface area contributed by atoms with Gasteiger partial charge in [-0.15, -0.1) is 11.3 Å². The summed E-state index contributed by atoms with van der Waals surface area (Å²) >= 11 is 1.70. The van der Waals surface area contributed by atoms with Crippen molar-refractivity contribution in [3.63, 3.8) is 0 Å². The molecule has 0 spiro atoms. The van der Waals surface area contributed by atoms with Crippen LogP contribution in [-0.4, -0.2) is 15.0 Å². The maximum Gasteiger partial charge on any atom is 0.242 e. The summed E-state index contributed by atoms with van der Waals surface area (Å²) in [6, 6.07) is 11.1. The number of hydrogen-bond donors (Lipinski definition) is 2. The molecule has 2 rings (SSSR count). The van der Waals surface area contributed by atoms with Crippen molar-refractivity contribution in [2.45, 2.75) is 25.3 Å². The molecule has 0 saturated carbocycles. The van der Waals surface area contributed by atoms with Gasteiger partial charge in [0.25, 0.3) is 0 Å². The number of rotatable bonds is 6. The lowest BCUT2D eigenvalue weighted by molar-refractivity contribution is 0.584. The Kier molecular flexibility index (Phi) is 4.80. The molecule has 0 atom stereocenters. The van der Waals surface area contributed by atoms with Crippen LogP contribution >= 0.6 is 11.3 Å². The van der Waals surface area contributed by atoms with E-state index in [4.69, 9.17) is 0 Å². The summed E-state index contributed by atoms with van der Waals surface area (Å²) in [6.07, 6.45) is 0. The van der Waals surface area contributed by atoms with Crippen molar-refractivity contribution >= 4 is 27.0 Å². The molecule has 0 aliphatic rings. The van der Waals surface area contributed by atoms with Crippen LogP contribution in [0.2, 0.25) is 0 Å². The number of thiophene rings is 1. The molecule has 0 aliphatic heterocycles. The molecule has 0 radical (unpaired) electrons. The number of anilines is 1. The van der Waals surface area contributed by atoms with E-state index in [9.17, 15) is 8.42 Å². The average molecular weight is 310 g/mol. The van der Waals surface area contributed by atoms with Gasteiger partial charge in [-0.05, 0) is 31.2 Å². The number of nitrogens with one attached hydrogen (secondary N) is 2. The van der Waals surface area contributed by atoms with Gasteiger partial charge in [0.2, 0.25) is 10.0 Å². The van der Waals surface area contributed by atoms with Crippen LogP contribution in [0.3, 0.4) is 0 Å². The number of hydrogen-bond acceptors (Lipinski definition) is 4. The summed E-state index contributed by atoms with van der Waals surface area (Å²) < 4.78 is 26.8. The van der Waals surface area contributed by atoms with Gasteiger partial charge in [-0.3, -0.25) is 0 Å². The number of benzene rings is 1. The second-order valence-corrected chi connectivity index (χ2v) is 7.47. The molecule has 0 aliphatic carbocycles. The molecule has 6 heteroatoms. The van der Waals surface area contributed by atoms with Crippen molar-refractivity contribution in [2.75, 3.05) is 11.9 Å². The molecule has 20 heavy (non-hydrogen) atoms. The first kappa shape index (κ1) is 15.0. The van der Waals surface area contributed by atoms with Crippen LogP contribution in [0, 0.1) is 6.92 Å². The molecule has 0 fully saturated rings. The largest absolute Gasteiger partial charge is 0.379 e. The van der Waals surface area contributed by atoms with Crippen molar-refractivity contribution < 1.29 is 8.42 Å². The van der Waals surface area contributed by atoms with Gasteiger partial charge < -0.3 is 5.32 Å². The predicted molar refractivity (Wildman–Crippen MR) is 83.7 cm³/mol. The third-order valence-electron chi connectivity index (χ3n) is 2.76. The van der Waals surface area contributed by atoms with Crippen LogP contribution in [0.25, 0.3) is 0 Å². The zero-order valence-corrected chi connectivity index (χ0v) is 13.1. The molecule has 2 aromatic rings. The van der Waals surface area contributed by atoms with E-state index in [0.29, 0.717) is 18.8 Å². The van der Waals surface area contributed by atoms with Crippen molar-refractivity contribution in [3.8, 4) is 0 Å². The molecule has 0 amide bonds. The van der Waals surface area contributed by atoms with Gasteiger partial charge in [0.05, 0.1) is 5.69 Å². The van der Waals surface area contributed by atoms with Crippen LogP contribution in [-0.2, 0) is 16.6 Å². The van der Waals surface area contributed by atoms with Crippen LogP contribution in [0.5, 0.6) is 0 Å². The van der Waals surface area contributed by atoms with Crippen molar-refractivity contribution in [2.24, 2.45) is 0 Å². The zero-order valence-electron chi connectivity index (χ0n) is 11.5. The maximum atomic E-state index is 12.1. The standard InChI is InChI=1S/C14H18N2O2S2/c1-3-16-20(17,18)14-7-5-4-6-13(14)15-10-12-9-8-11(2)19-12/h4-9,15-16H,3,10H2,1-2H3. The summed E-state index contributed by atoms with van der Waals surface area (Å²) in [5.74, 6) is 0. The van der Waals surface area contributed by atoms with Gasteiger partial charge in [0, 0.05) is 22.8 Å². The number of aryl methyl sites for hydroxylation is 1. The van der Waals surface area contributed by atoms with Gasteiger partial charge in [0.1, 0.15) is 4.90 Å². The SMILES string of the molecule is CCNS(=O)(=O)c1ccccc1NCc1ccc(C)s1. The van der Waals surface area contributed by atoms with Crippen LogP contribution < -0.4 is 10.0 Å². The lowest BCUT2D eigenvalue weighted by Crippen LogP contribution is -2.24. The Morgan fingerprint density at radius 1 is 1.15 bits per heavy atom. The minimum absolute atomic E-state index is 0.287. The van der Waals surface area contributed by atoms with E-state index in [-0.39, 0.29) is 4.90 Å². The number of para-hydroxylation sites is 1. The molecule has 0 unspecified atom stereocenters. The Labute approximate surface area is 123 Å². The smallest absolute Gasteiger partial charge is 0.242 e. The second-order valence-electron chi connectivity index (χ2n) is 4.36. The molecule has 0 saturated heterocycles. The molecule has 4 nitrogen and oxygen atoms in total. The molecular formula is C14H18N2O2S2. The lowest BCUT2D eigenvalue weighted by Gasteiger charge is -2.12. The first-order chi connectivity index (χ1) is 9.53. The fourth-order valence-corrected chi connectivity index (χ4v) is 3.93. The summed E-state index contributed by atoms with van der Waals surface area (Å²) in [6.45, 7) is 4.82. The lowest BCUT2D eigenvalue weighted by atomic mass is 10.3. The fourth-order valence-electron chi connectivity index (χ4n) is 1.88. The van der Waals surface area contributed by atoms with Crippen LogP contribution in [0.15, 0.2) is 41.3 Å². The first-order valence-electron chi connectivity index (χ1n) is 6.41. The Bertz CT molecular complexity index is 678. The highest BCUT2D eigenvalue weighted by Crippen LogP contribution is 2.22. The van der Waals surface area contributed by atoms with E-state index < -0.39 is 10.0 Å². The average Bonchev–Trinajstić information content (AvgIpc) is 2.82. The van der Waals surface area contributed by atoms with E-state index >= 15 is 0 Å². The topological polar surface area (TPSA) is 58.2 Å². The van der Waals surface area contributed by atoms with Gasteiger partial charge in [-0.25, -0.2) is 13.1 Å². The zero-order chi connectivity index (χ0) is 14.6. The van der Waals surface area contributed by atoms with Gasteiger partial charge >= 0.3 is 0 Å². The highest BCUT2D eigenvalue weighted by Gasteiger charge is 2.16. The molecule has 1 aromatic heterocycles. The fraction of sp³-hybridized carbons (Fsp3) is 0.286. The van der Waals surface area contributed by atoms with Crippen LogP contribution in [0.1, 0.15) is 16.7 Å². The third-order valence-corrected chi connectivity index (χ3v) is 5.36. The van der Waals surface area contributed by atoms with Crippen LogP contribution in [0.4, 0.5) is 5.69 Å². The van der Waals surface area contributed by atoms with E-state index in [2.05, 4.69) is 29.1 Å². The van der Waals surface area contributed by atoms with Gasteiger partial charge in [-0.1, -0.05) is 19.1 Å². The summed E-state index contributed by atoms with van der Waals surface area (Å²) in [4.78, 5) is 2.71. The summed E-state index contributed by atoms with van der Waals surface area (Å²) in [5.41, 5.74) is 0.625. The normalized spacial score (nSPS) is 11.5. The minimum atomic E-state index is -3.45. The van der Waals surface area contributed by atoms with E-state index in [1.54, 1.807) is 36.5 Å². The van der Waals surface area contributed by atoms with Crippen molar-refractivity contribution in [1.82, 2.24) is 4.72 Å². The molecule has 2 N–H and O–H groups in total. The van der Waals surface area contributed by atoms with E-state index in [1.165, 1.54) is 9.75 Å².